The lowest BCUT2D eigenvalue weighted by molar-refractivity contribution is 0.113. The minimum Gasteiger partial charge on any atom is -0.443 e. The number of carbonyl (C=O) groups is 2. The highest BCUT2D eigenvalue weighted by molar-refractivity contribution is 9.10. The van der Waals surface area contributed by atoms with E-state index in [2.05, 4.69) is 33.4 Å². The number of halogens is 1. The van der Waals surface area contributed by atoms with Crippen molar-refractivity contribution in [3.63, 3.8) is 0 Å². The summed E-state index contributed by atoms with van der Waals surface area (Å²) in [5, 5.41) is 2.96. The van der Waals surface area contributed by atoms with E-state index in [4.69, 9.17) is 4.74 Å². The highest BCUT2D eigenvalue weighted by Crippen LogP contribution is 2.44. The minimum atomic E-state index is -0.217. The second-order valence-corrected chi connectivity index (χ2v) is 8.66. The van der Waals surface area contributed by atoms with Crippen molar-refractivity contribution < 1.29 is 14.3 Å². The maximum absolute atomic E-state index is 12.6. The molecule has 1 N–H and O–H groups in total. The van der Waals surface area contributed by atoms with Gasteiger partial charge in [0, 0.05) is 30.0 Å². The number of carbonyl (C=O) groups excluding carboxylic acids is 2. The second-order valence-electron chi connectivity index (χ2n) is 7.81. The molecule has 6 nitrogen and oxygen atoms in total. The first-order chi connectivity index (χ1) is 14.1. The van der Waals surface area contributed by atoms with Gasteiger partial charge in [-0.3, -0.25) is 4.90 Å². The van der Waals surface area contributed by atoms with E-state index in [0.717, 1.165) is 29.4 Å². The molecule has 5 rings (SSSR count). The standard InChI is InChI=1S/C22H22BrN3O3/c23-17-7-3-4-8-18(17)24-21(27)25-11-9-15(10-12-25)26-20-16-6-2-1-5-14(16)13-19(20)29-22(26)28/h1-8,15,19-20H,9-13H2,(H,24,27)/t19-,20+/m1/s1. The van der Waals surface area contributed by atoms with Gasteiger partial charge in [0.1, 0.15) is 6.10 Å². The highest BCUT2D eigenvalue weighted by atomic mass is 79.9. The Morgan fingerprint density at radius 2 is 1.79 bits per heavy atom. The number of urea groups is 1. The number of hydrogen-bond acceptors (Lipinski definition) is 3. The van der Waals surface area contributed by atoms with E-state index in [-0.39, 0.29) is 30.3 Å². The molecular weight excluding hydrogens is 434 g/mol. The number of rotatable bonds is 2. The molecule has 29 heavy (non-hydrogen) atoms. The zero-order valence-electron chi connectivity index (χ0n) is 15.9. The Morgan fingerprint density at radius 3 is 2.59 bits per heavy atom. The first-order valence-electron chi connectivity index (χ1n) is 9.99. The van der Waals surface area contributed by atoms with Crippen LogP contribution in [-0.2, 0) is 11.2 Å². The Morgan fingerprint density at radius 1 is 1.07 bits per heavy atom. The van der Waals surface area contributed by atoms with Crippen molar-refractivity contribution in [1.29, 1.82) is 0 Å². The van der Waals surface area contributed by atoms with E-state index in [1.807, 2.05) is 46.2 Å². The fourth-order valence-corrected chi connectivity index (χ4v) is 5.14. The number of ether oxygens (including phenoxy) is 1. The Kier molecular flexibility index (Phi) is 4.70. The first kappa shape index (κ1) is 18.5. The molecular formula is C22H22BrN3O3. The van der Waals surface area contributed by atoms with Gasteiger partial charge in [0.2, 0.25) is 0 Å². The van der Waals surface area contributed by atoms with E-state index >= 15 is 0 Å². The predicted octanol–water partition coefficient (Wildman–Crippen LogP) is 4.56. The molecule has 7 heteroatoms. The quantitative estimate of drug-likeness (QED) is 0.721. The van der Waals surface area contributed by atoms with E-state index in [0.29, 0.717) is 13.1 Å². The number of benzene rings is 2. The van der Waals surface area contributed by atoms with Gasteiger partial charge in [-0.1, -0.05) is 36.4 Å². The molecule has 2 saturated heterocycles. The first-order valence-corrected chi connectivity index (χ1v) is 10.8. The fourth-order valence-electron chi connectivity index (χ4n) is 4.76. The van der Waals surface area contributed by atoms with Crippen LogP contribution in [0.1, 0.15) is 30.0 Å². The van der Waals surface area contributed by atoms with Crippen LogP contribution in [0.5, 0.6) is 0 Å². The summed E-state index contributed by atoms with van der Waals surface area (Å²) in [4.78, 5) is 29.0. The van der Waals surface area contributed by atoms with Gasteiger partial charge >= 0.3 is 12.1 Å². The van der Waals surface area contributed by atoms with Crippen molar-refractivity contribution >= 4 is 33.7 Å². The maximum atomic E-state index is 12.6. The van der Waals surface area contributed by atoms with Gasteiger partial charge in [-0.15, -0.1) is 0 Å². The molecule has 3 aliphatic rings. The maximum Gasteiger partial charge on any atom is 0.411 e. The third kappa shape index (κ3) is 3.27. The Bertz CT molecular complexity index is 958. The molecule has 2 aromatic rings. The zero-order chi connectivity index (χ0) is 20.0. The zero-order valence-corrected chi connectivity index (χ0v) is 17.5. The Labute approximate surface area is 177 Å². The van der Waals surface area contributed by atoms with Crippen molar-refractivity contribution in [3.8, 4) is 0 Å². The number of nitrogens with one attached hydrogen (secondary N) is 1. The molecule has 150 valence electrons. The number of likely N-dealkylation sites (tertiary alicyclic amines) is 1. The van der Waals surface area contributed by atoms with Crippen molar-refractivity contribution in [2.24, 2.45) is 0 Å². The molecule has 2 heterocycles. The largest absolute Gasteiger partial charge is 0.443 e. The third-order valence-corrected chi connectivity index (χ3v) is 6.86. The normalized spacial score (nSPS) is 23.6. The molecule has 2 aliphatic heterocycles. The van der Waals surface area contributed by atoms with E-state index in [1.165, 1.54) is 11.1 Å². The van der Waals surface area contributed by atoms with Crippen LogP contribution < -0.4 is 5.32 Å². The van der Waals surface area contributed by atoms with Gasteiger partial charge in [-0.25, -0.2) is 9.59 Å². The lowest BCUT2D eigenvalue weighted by Crippen LogP contribution is -2.48. The summed E-state index contributed by atoms with van der Waals surface area (Å²) in [5.41, 5.74) is 3.23. The smallest absolute Gasteiger partial charge is 0.411 e. The molecule has 0 unspecified atom stereocenters. The molecule has 2 atom stereocenters. The summed E-state index contributed by atoms with van der Waals surface area (Å²) in [7, 11) is 0. The van der Waals surface area contributed by atoms with Crippen molar-refractivity contribution in [2.75, 3.05) is 18.4 Å². The van der Waals surface area contributed by atoms with Crippen LogP contribution in [0.3, 0.4) is 0 Å². The third-order valence-electron chi connectivity index (χ3n) is 6.17. The molecule has 0 aromatic heterocycles. The number of anilines is 1. The molecule has 3 amide bonds. The summed E-state index contributed by atoms with van der Waals surface area (Å²) >= 11 is 3.46. The molecule has 1 aliphatic carbocycles. The summed E-state index contributed by atoms with van der Waals surface area (Å²) in [6.07, 6.45) is 1.99. The van der Waals surface area contributed by atoms with Gasteiger partial charge in [0.05, 0.1) is 11.7 Å². The summed E-state index contributed by atoms with van der Waals surface area (Å²) in [5.74, 6) is 0. The Hall–Kier alpha value is -2.54. The summed E-state index contributed by atoms with van der Waals surface area (Å²) < 4.78 is 6.54. The summed E-state index contributed by atoms with van der Waals surface area (Å²) in [6.45, 7) is 1.23. The SMILES string of the molecule is O=C(Nc1ccccc1Br)N1CCC(N2C(=O)O[C@@H]3Cc4ccccc4[C@@H]32)CC1. The van der Waals surface area contributed by atoms with Crippen LogP contribution in [-0.4, -0.2) is 47.2 Å². The van der Waals surface area contributed by atoms with Gasteiger partial charge in [-0.05, 0) is 52.0 Å². The molecule has 2 aromatic carbocycles. The van der Waals surface area contributed by atoms with Gasteiger partial charge in [0.15, 0.2) is 0 Å². The molecule has 0 spiro atoms. The van der Waals surface area contributed by atoms with Crippen LogP contribution in [0.4, 0.5) is 15.3 Å². The molecule has 0 radical (unpaired) electrons. The average molecular weight is 456 g/mol. The lowest BCUT2D eigenvalue weighted by Gasteiger charge is -2.37. The summed E-state index contributed by atoms with van der Waals surface area (Å²) in [6, 6.07) is 15.8. The molecule has 0 saturated carbocycles. The van der Waals surface area contributed by atoms with Crippen LogP contribution in [0.15, 0.2) is 53.0 Å². The number of para-hydroxylation sites is 1. The van der Waals surface area contributed by atoms with Crippen LogP contribution in [0.25, 0.3) is 0 Å². The van der Waals surface area contributed by atoms with Crippen LogP contribution >= 0.6 is 15.9 Å². The molecule has 0 bridgehead atoms. The van der Waals surface area contributed by atoms with Gasteiger partial charge in [-0.2, -0.15) is 0 Å². The number of amides is 3. The van der Waals surface area contributed by atoms with Gasteiger partial charge < -0.3 is 15.0 Å². The second kappa shape index (κ2) is 7.37. The van der Waals surface area contributed by atoms with Crippen molar-refractivity contribution in [3.05, 3.63) is 64.1 Å². The van der Waals surface area contributed by atoms with E-state index < -0.39 is 0 Å². The van der Waals surface area contributed by atoms with Crippen LogP contribution in [0, 0.1) is 0 Å². The number of fused-ring (bicyclic) bond motifs is 3. The van der Waals surface area contributed by atoms with Crippen molar-refractivity contribution in [1.82, 2.24) is 9.80 Å². The highest BCUT2D eigenvalue weighted by Gasteiger charge is 2.50. The fraction of sp³-hybridized carbons (Fsp3) is 0.364. The number of hydrogen-bond donors (Lipinski definition) is 1. The van der Waals surface area contributed by atoms with E-state index in [9.17, 15) is 9.59 Å². The molecule has 2 fully saturated rings. The van der Waals surface area contributed by atoms with Crippen LogP contribution in [0.2, 0.25) is 0 Å². The average Bonchev–Trinajstić information content (AvgIpc) is 3.24. The predicted molar refractivity (Wildman–Crippen MR) is 113 cm³/mol. The van der Waals surface area contributed by atoms with E-state index in [1.54, 1.807) is 0 Å². The minimum absolute atomic E-state index is 0.00403. The van der Waals surface area contributed by atoms with Gasteiger partial charge in [0.25, 0.3) is 0 Å². The number of piperidine rings is 1. The number of nitrogens with zero attached hydrogens (tertiary/aromatic N) is 2. The Balaban J connectivity index is 1.25. The lowest BCUT2D eigenvalue weighted by atomic mass is 9.99. The van der Waals surface area contributed by atoms with Crippen molar-refractivity contribution in [2.45, 2.75) is 37.5 Å². The topological polar surface area (TPSA) is 61.9 Å². The monoisotopic (exact) mass is 455 g/mol.